The fourth-order valence-corrected chi connectivity index (χ4v) is 3.49. The van der Waals surface area contributed by atoms with Crippen LogP contribution in [0.1, 0.15) is 51.2 Å². The van der Waals surface area contributed by atoms with Gasteiger partial charge in [0.1, 0.15) is 5.60 Å². The highest BCUT2D eigenvalue weighted by molar-refractivity contribution is 14.0. The standard InChI is InChI=1S/C18H31N5O2S.HI/c1-6-15-21-14(12-26-15)10-20-16(19-5)22-13-8-7-9-23(11-13)17(24)25-18(2,3)4;/h12-13H,6-11H2,1-5H3,(H2,19,20,22);1H. The second-order valence-electron chi connectivity index (χ2n) is 7.42. The summed E-state index contributed by atoms with van der Waals surface area (Å²) in [6.45, 7) is 9.76. The topological polar surface area (TPSA) is 78.9 Å². The first-order chi connectivity index (χ1) is 12.3. The Hall–Kier alpha value is -1.10. The number of halogens is 1. The van der Waals surface area contributed by atoms with Crippen LogP contribution in [-0.4, -0.2) is 53.7 Å². The largest absolute Gasteiger partial charge is 0.444 e. The lowest BCUT2D eigenvalue weighted by Gasteiger charge is -2.35. The van der Waals surface area contributed by atoms with Crippen molar-refractivity contribution in [1.29, 1.82) is 0 Å². The minimum absolute atomic E-state index is 0. The average molecular weight is 509 g/mol. The molecular weight excluding hydrogens is 477 g/mol. The Morgan fingerprint density at radius 1 is 1.48 bits per heavy atom. The van der Waals surface area contributed by atoms with E-state index in [0.29, 0.717) is 13.1 Å². The number of hydrogen-bond donors (Lipinski definition) is 2. The molecule has 0 spiro atoms. The second-order valence-corrected chi connectivity index (χ2v) is 8.36. The van der Waals surface area contributed by atoms with Gasteiger partial charge in [0.15, 0.2) is 5.96 Å². The molecule has 154 valence electrons. The molecule has 0 aromatic carbocycles. The van der Waals surface area contributed by atoms with Crippen LogP contribution < -0.4 is 10.6 Å². The third kappa shape index (κ3) is 8.20. The molecule has 0 saturated carbocycles. The molecule has 1 unspecified atom stereocenters. The van der Waals surface area contributed by atoms with Crippen molar-refractivity contribution in [2.45, 2.75) is 65.1 Å². The summed E-state index contributed by atoms with van der Waals surface area (Å²) in [4.78, 5) is 22.9. The molecule has 27 heavy (non-hydrogen) atoms. The Morgan fingerprint density at radius 3 is 2.81 bits per heavy atom. The molecule has 2 heterocycles. The Kier molecular flexibility index (Phi) is 9.78. The molecular formula is C18H32IN5O2S. The highest BCUT2D eigenvalue weighted by atomic mass is 127. The van der Waals surface area contributed by atoms with E-state index in [0.717, 1.165) is 42.5 Å². The van der Waals surface area contributed by atoms with Crippen LogP contribution in [0.5, 0.6) is 0 Å². The number of likely N-dealkylation sites (tertiary alicyclic amines) is 1. The Bertz CT molecular complexity index is 630. The number of aryl methyl sites for hydroxylation is 1. The van der Waals surface area contributed by atoms with Crippen LogP contribution in [0.15, 0.2) is 10.4 Å². The van der Waals surface area contributed by atoms with Crippen LogP contribution in [0.3, 0.4) is 0 Å². The van der Waals surface area contributed by atoms with Gasteiger partial charge in [0.05, 0.1) is 17.2 Å². The number of nitrogens with one attached hydrogen (secondary N) is 2. The van der Waals surface area contributed by atoms with Crippen molar-refractivity contribution in [1.82, 2.24) is 20.5 Å². The Morgan fingerprint density at radius 2 is 2.22 bits per heavy atom. The van der Waals surface area contributed by atoms with Gasteiger partial charge in [-0.25, -0.2) is 9.78 Å². The molecule has 1 amide bonds. The fraction of sp³-hybridized carbons (Fsp3) is 0.722. The minimum Gasteiger partial charge on any atom is -0.444 e. The van der Waals surface area contributed by atoms with Gasteiger partial charge in [-0.3, -0.25) is 4.99 Å². The van der Waals surface area contributed by atoms with Crippen molar-refractivity contribution in [3.63, 3.8) is 0 Å². The maximum absolute atomic E-state index is 12.3. The predicted octanol–water partition coefficient (Wildman–Crippen LogP) is 3.39. The first-order valence-electron chi connectivity index (χ1n) is 9.19. The van der Waals surface area contributed by atoms with Gasteiger partial charge in [0.25, 0.3) is 0 Å². The zero-order valence-electron chi connectivity index (χ0n) is 16.9. The van der Waals surface area contributed by atoms with Crippen LogP contribution in [0.4, 0.5) is 4.79 Å². The summed E-state index contributed by atoms with van der Waals surface area (Å²) in [5.74, 6) is 0.729. The number of thiazole rings is 1. The summed E-state index contributed by atoms with van der Waals surface area (Å²) in [5, 5.41) is 9.93. The molecule has 1 fully saturated rings. The van der Waals surface area contributed by atoms with Crippen LogP contribution in [-0.2, 0) is 17.7 Å². The van der Waals surface area contributed by atoms with E-state index < -0.39 is 5.60 Å². The first-order valence-corrected chi connectivity index (χ1v) is 10.1. The summed E-state index contributed by atoms with van der Waals surface area (Å²) in [7, 11) is 1.75. The maximum atomic E-state index is 12.3. The lowest BCUT2D eigenvalue weighted by atomic mass is 10.1. The molecule has 0 bridgehead atoms. The third-order valence-electron chi connectivity index (χ3n) is 3.98. The molecule has 2 rings (SSSR count). The van der Waals surface area contributed by atoms with E-state index in [-0.39, 0.29) is 36.1 Å². The van der Waals surface area contributed by atoms with E-state index in [9.17, 15) is 4.79 Å². The molecule has 0 radical (unpaired) electrons. The number of carbonyl (C=O) groups is 1. The van der Waals surface area contributed by atoms with E-state index in [2.05, 4.69) is 32.9 Å². The number of amides is 1. The lowest BCUT2D eigenvalue weighted by molar-refractivity contribution is 0.0193. The second kappa shape index (κ2) is 11.0. The lowest BCUT2D eigenvalue weighted by Crippen LogP contribution is -2.53. The smallest absolute Gasteiger partial charge is 0.410 e. The van der Waals surface area contributed by atoms with Crippen molar-refractivity contribution in [2.75, 3.05) is 20.1 Å². The molecule has 9 heteroatoms. The molecule has 1 aromatic heterocycles. The molecule has 2 N–H and O–H groups in total. The molecule has 1 aromatic rings. The van der Waals surface area contributed by atoms with Crippen LogP contribution in [0, 0.1) is 0 Å². The van der Waals surface area contributed by atoms with Gasteiger partial charge >= 0.3 is 6.09 Å². The average Bonchev–Trinajstić information content (AvgIpc) is 3.05. The fourth-order valence-electron chi connectivity index (χ4n) is 2.74. The number of nitrogens with zero attached hydrogens (tertiary/aromatic N) is 3. The molecule has 1 saturated heterocycles. The summed E-state index contributed by atoms with van der Waals surface area (Å²) in [6.07, 6.45) is 2.65. The number of guanidine groups is 1. The highest BCUT2D eigenvalue weighted by Gasteiger charge is 2.28. The number of aromatic nitrogens is 1. The number of carbonyl (C=O) groups excluding carboxylic acids is 1. The molecule has 1 aliphatic rings. The normalized spacial score (nSPS) is 17.9. The zero-order chi connectivity index (χ0) is 19.2. The van der Waals surface area contributed by atoms with Crippen LogP contribution in [0.2, 0.25) is 0 Å². The van der Waals surface area contributed by atoms with Gasteiger partial charge in [0.2, 0.25) is 0 Å². The first kappa shape index (κ1) is 23.9. The summed E-state index contributed by atoms with van der Waals surface area (Å²) in [6, 6.07) is 0.157. The Balaban J connectivity index is 0.00000364. The van der Waals surface area contributed by atoms with E-state index in [1.54, 1.807) is 23.3 Å². The van der Waals surface area contributed by atoms with Gasteiger partial charge in [-0.15, -0.1) is 35.3 Å². The number of piperidine rings is 1. The van der Waals surface area contributed by atoms with Crippen molar-refractivity contribution >= 4 is 47.4 Å². The summed E-state index contributed by atoms with van der Waals surface area (Å²) in [5.41, 5.74) is 0.550. The van der Waals surface area contributed by atoms with Crippen molar-refractivity contribution < 1.29 is 9.53 Å². The van der Waals surface area contributed by atoms with Crippen molar-refractivity contribution in [3.05, 3.63) is 16.1 Å². The van der Waals surface area contributed by atoms with Gasteiger partial charge in [-0.1, -0.05) is 6.92 Å². The zero-order valence-corrected chi connectivity index (χ0v) is 20.0. The van der Waals surface area contributed by atoms with Crippen molar-refractivity contribution in [3.8, 4) is 0 Å². The van der Waals surface area contributed by atoms with Gasteiger partial charge in [-0.2, -0.15) is 0 Å². The van der Waals surface area contributed by atoms with E-state index in [1.165, 1.54) is 0 Å². The molecule has 1 atom stereocenters. The minimum atomic E-state index is -0.472. The van der Waals surface area contributed by atoms with E-state index >= 15 is 0 Å². The third-order valence-corrected chi connectivity index (χ3v) is 5.02. The number of hydrogen-bond acceptors (Lipinski definition) is 5. The highest BCUT2D eigenvalue weighted by Crippen LogP contribution is 2.15. The number of rotatable bonds is 4. The Labute approximate surface area is 183 Å². The maximum Gasteiger partial charge on any atom is 0.410 e. The van der Waals surface area contributed by atoms with Gasteiger partial charge in [-0.05, 0) is 40.0 Å². The summed E-state index contributed by atoms with van der Waals surface area (Å²) < 4.78 is 5.48. The van der Waals surface area contributed by atoms with Crippen LogP contribution >= 0.6 is 35.3 Å². The SMILES string of the molecule is CCc1nc(CNC(=NC)NC2CCCN(C(=O)OC(C)(C)C)C2)cs1.I. The number of aliphatic imine (C=N–C) groups is 1. The van der Waals surface area contributed by atoms with E-state index in [1.807, 2.05) is 20.8 Å². The molecule has 1 aliphatic heterocycles. The van der Waals surface area contributed by atoms with Crippen molar-refractivity contribution in [2.24, 2.45) is 4.99 Å². The quantitative estimate of drug-likeness (QED) is 0.370. The van der Waals surface area contributed by atoms with Crippen LogP contribution in [0.25, 0.3) is 0 Å². The molecule has 0 aliphatic carbocycles. The monoisotopic (exact) mass is 509 g/mol. The van der Waals surface area contributed by atoms with Gasteiger partial charge in [0, 0.05) is 31.6 Å². The number of ether oxygens (including phenoxy) is 1. The summed E-state index contributed by atoms with van der Waals surface area (Å²) >= 11 is 1.68. The van der Waals surface area contributed by atoms with E-state index in [4.69, 9.17) is 4.74 Å². The predicted molar refractivity (Wildman–Crippen MR) is 121 cm³/mol. The van der Waals surface area contributed by atoms with Gasteiger partial charge < -0.3 is 20.3 Å². The molecule has 7 nitrogen and oxygen atoms in total.